The summed E-state index contributed by atoms with van der Waals surface area (Å²) < 4.78 is 13.2. The number of rotatable bonds is 6. The van der Waals surface area contributed by atoms with E-state index in [0.717, 1.165) is 18.5 Å². The van der Waals surface area contributed by atoms with Gasteiger partial charge in [-0.25, -0.2) is 4.39 Å². The van der Waals surface area contributed by atoms with Gasteiger partial charge < -0.3 is 15.5 Å². The molecule has 0 saturated carbocycles. The van der Waals surface area contributed by atoms with Gasteiger partial charge in [0.25, 0.3) is 0 Å². The van der Waals surface area contributed by atoms with Crippen LogP contribution in [0.25, 0.3) is 0 Å². The van der Waals surface area contributed by atoms with E-state index in [1.807, 2.05) is 4.90 Å². The minimum Gasteiger partial charge on any atom is -0.347 e. The first-order chi connectivity index (χ1) is 13.6. The molecule has 3 rings (SSSR count). The molecule has 0 aliphatic carbocycles. The lowest BCUT2D eigenvalue weighted by Crippen LogP contribution is -2.51. The second-order valence-electron chi connectivity index (χ2n) is 6.99. The van der Waals surface area contributed by atoms with E-state index in [1.54, 1.807) is 12.1 Å². The Morgan fingerprint density at radius 3 is 2.68 bits per heavy atom. The van der Waals surface area contributed by atoms with Crippen LogP contribution in [0.1, 0.15) is 29.7 Å². The highest BCUT2D eigenvalue weighted by molar-refractivity contribution is 5.86. The monoisotopic (exact) mass is 383 g/mol. The first-order valence-electron chi connectivity index (χ1n) is 9.67. The SMILES string of the molecule is CCc1ccc(C2CNCCN2C(=O)CNC(=O)Cc2cccc(F)c2)cc1. The molecule has 2 amide bonds. The van der Waals surface area contributed by atoms with Crippen molar-refractivity contribution < 1.29 is 14.0 Å². The van der Waals surface area contributed by atoms with Gasteiger partial charge in [-0.15, -0.1) is 0 Å². The molecule has 6 heteroatoms. The molecule has 1 aliphatic heterocycles. The minimum absolute atomic E-state index is 0.0488. The molecule has 0 aromatic heterocycles. The summed E-state index contributed by atoms with van der Waals surface area (Å²) in [6.45, 7) is 4.07. The summed E-state index contributed by atoms with van der Waals surface area (Å²) in [6.07, 6.45) is 1.03. The maximum Gasteiger partial charge on any atom is 0.242 e. The topological polar surface area (TPSA) is 61.4 Å². The van der Waals surface area contributed by atoms with Crippen molar-refractivity contribution in [2.24, 2.45) is 0 Å². The average Bonchev–Trinajstić information content (AvgIpc) is 2.72. The molecule has 1 heterocycles. The van der Waals surface area contributed by atoms with Crippen molar-refractivity contribution >= 4 is 11.8 Å². The van der Waals surface area contributed by atoms with Crippen molar-refractivity contribution in [1.29, 1.82) is 0 Å². The fraction of sp³-hybridized carbons (Fsp3) is 0.364. The van der Waals surface area contributed by atoms with E-state index in [1.165, 1.54) is 17.7 Å². The number of hydrogen-bond donors (Lipinski definition) is 2. The van der Waals surface area contributed by atoms with Crippen molar-refractivity contribution in [3.8, 4) is 0 Å². The van der Waals surface area contributed by atoms with Gasteiger partial charge >= 0.3 is 0 Å². The van der Waals surface area contributed by atoms with Crippen molar-refractivity contribution in [3.63, 3.8) is 0 Å². The summed E-state index contributed by atoms with van der Waals surface area (Å²) in [5, 5.41) is 6.00. The van der Waals surface area contributed by atoms with Crippen LogP contribution < -0.4 is 10.6 Å². The van der Waals surface area contributed by atoms with Gasteiger partial charge in [0.2, 0.25) is 11.8 Å². The van der Waals surface area contributed by atoms with Crippen LogP contribution >= 0.6 is 0 Å². The van der Waals surface area contributed by atoms with Crippen LogP contribution in [0.3, 0.4) is 0 Å². The third-order valence-corrected chi connectivity index (χ3v) is 5.03. The van der Waals surface area contributed by atoms with Crippen molar-refractivity contribution in [2.45, 2.75) is 25.8 Å². The molecule has 1 fully saturated rings. The highest BCUT2D eigenvalue weighted by Gasteiger charge is 2.27. The number of carbonyl (C=O) groups is 2. The Balaban J connectivity index is 1.58. The zero-order valence-electron chi connectivity index (χ0n) is 16.1. The summed E-state index contributed by atoms with van der Waals surface area (Å²) in [7, 11) is 0. The highest BCUT2D eigenvalue weighted by atomic mass is 19.1. The molecule has 1 saturated heterocycles. The largest absolute Gasteiger partial charge is 0.347 e. The smallest absolute Gasteiger partial charge is 0.242 e. The number of nitrogens with zero attached hydrogens (tertiary/aromatic N) is 1. The van der Waals surface area contributed by atoms with E-state index in [9.17, 15) is 14.0 Å². The van der Waals surface area contributed by atoms with Crippen LogP contribution in [0, 0.1) is 5.82 Å². The molecule has 0 radical (unpaired) electrons. The number of aryl methyl sites for hydroxylation is 1. The number of benzene rings is 2. The van der Waals surface area contributed by atoms with Crippen LogP contribution in [0.15, 0.2) is 48.5 Å². The Morgan fingerprint density at radius 1 is 1.18 bits per heavy atom. The van der Waals surface area contributed by atoms with Crippen LogP contribution in [0.2, 0.25) is 0 Å². The Hall–Kier alpha value is -2.73. The fourth-order valence-corrected chi connectivity index (χ4v) is 3.45. The number of carbonyl (C=O) groups excluding carboxylic acids is 2. The summed E-state index contributed by atoms with van der Waals surface area (Å²) in [4.78, 5) is 26.7. The maximum atomic E-state index is 13.2. The Kier molecular flexibility index (Phi) is 6.76. The molecule has 0 bridgehead atoms. The van der Waals surface area contributed by atoms with Crippen molar-refractivity contribution in [2.75, 3.05) is 26.2 Å². The summed E-state index contributed by atoms with van der Waals surface area (Å²) >= 11 is 0. The van der Waals surface area contributed by atoms with E-state index in [4.69, 9.17) is 0 Å². The first-order valence-corrected chi connectivity index (χ1v) is 9.67. The fourth-order valence-electron chi connectivity index (χ4n) is 3.45. The molecule has 2 aromatic rings. The lowest BCUT2D eigenvalue weighted by atomic mass is 10.0. The van der Waals surface area contributed by atoms with Gasteiger partial charge in [-0.2, -0.15) is 0 Å². The van der Waals surface area contributed by atoms with E-state index in [-0.39, 0.29) is 36.6 Å². The van der Waals surface area contributed by atoms with E-state index in [0.29, 0.717) is 18.7 Å². The normalized spacial score (nSPS) is 16.6. The van der Waals surface area contributed by atoms with Gasteiger partial charge in [0, 0.05) is 19.6 Å². The third-order valence-electron chi connectivity index (χ3n) is 5.03. The van der Waals surface area contributed by atoms with Crippen LogP contribution in [-0.4, -0.2) is 42.9 Å². The molecule has 0 spiro atoms. The second-order valence-corrected chi connectivity index (χ2v) is 6.99. The number of piperazine rings is 1. The van der Waals surface area contributed by atoms with Gasteiger partial charge in [0.1, 0.15) is 5.82 Å². The zero-order chi connectivity index (χ0) is 19.9. The number of hydrogen-bond acceptors (Lipinski definition) is 3. The quantitative estimate of drug-likeness (QED) is 0.804. The predicted molar refractivity (Wildman–Crippen MR) is 106 cm³/mol. The molecule has 5 nitrogen and oxygen atoms in total. The summed E-state index contributed by atoms with van der Waals surface area (Å²) in [5.74, 6) is -0.782. The Bertz CT molecular complexity index is 823. The molecule has 28 heavy (non-hydrogen) atoms. The van der Waals surface area contributed by atoms with Crippen LogP contribution in [0.5, 0.6) is 0 Å². The molecule has 2 aromatic carbocycles. The van der Waals surface area contributed by atoms with E-state index in [2.05, 4.69) is 41.8 Å². The summed E-state index contributed by atoms with van der Waals surface area (Å²) in [6, 6.07) is 14.2. The van der Waals surface area contributed by atoms with Crippen LogP contribution in [-0.2, 0) is 22.4 Å². The third kappa shape index (κ3) is 5.16. The lowest BCUT2D eigenvalue weighted by Gasteiger charge is -2.36. The van der Waals surface area contributed by atoms with E-state index < -0.39 is 0 Å². The van der Waals surface area contributed by atoms with Crippen LogP contribution in [0.4, 0.5) is 4.39 Å². The van der Waals surface area contributed by atoms with Gasteiger partial charge in [0.05, 0.1) is 19.0 Å². The standard InChI is InChI=1S/C22H26FN3O2/c1-2-16-6-8-18(9-7-16)20-14-24-10-11-26(20)22(28)15-25-21(27)13-17-4-3-5-19(23)12-17/h3-9,12,20,24H,2,10-11,13-15H2,1H3,(H,25,27). The highest BCUT2D eigenvalue weighted by Crippen LogP contribution is 2.22. The van der Waals surface area contributed by atoms with Gasteiger partial charge in [-0.05, 0) is 35.2 Å². The maximum absolute atomic E-state index is 13.2. The number of nitrogens with one attached hydrogen (secondary N) is 2. The number of halogens is 1. The molecular weight excluding hydrogens is 357 g/mol. The van der Waals surface area contributed by atoms with E-state index >= 15 is 0 Å². The van der Waals surface area contributed by atoms with Gasteiger partial charge in [-0.1, -0.05) is 43.3 Å². The molecular formula is C22H26FN3O2. The second kappa shape index (κ2) is 9.46. The summed E-state index contributed by atoms with van der Waals surface area (Å²) in [5.41, 5.74) is 2.93. The van der Waals surface area contributed by atoms with Gasteiger partial charge in [-0.3, -0.25) is 9.59 Å². The zero-order valence-corrected chi connectivity index (χ0v) is 16.1. The number of amides is 2. The van der Waals surface area contributed by atoms with Crippen molar-refractivity contribution in [3.05, 3.63) is 71.0 Å². The molecule has 1 unspecified atom stereocenters. The molecule has 2 N–H and O–H groups in total. The molecule has 1 atom stereocenters. The predicted octanol–water partition coefficient (Wildman–Crippen LogP) is 2.22. The average molecular weight is 383 g/mol. The van der Waals surface area contributed by atoms with Crippen molar-refractivity contribution in [1.82, 2.24) is 15.5 Å². The van der Waals surface area contributed by atoms with Gasteiger partial charge in [0.15, 0.2) is 0 Å². The Labute approximate surface area is 164 Å². The lowest BCUT2D eigenvalue weighted by molar-refractivity contribution is -0.135. The minimum atomic E-state index is -0.376. The first kappa shape index (κ1) is 20.0. The Morgan fingerprint density at radius 2 is 1.96 bits per heavy atom. The molecule has 148 valence electrons. The molecule has 1 aliphatic rings.